The van der Waals surface area contributed by atoms with Gasteiger partial charge in [0.2, 0.25) is 0 Å². The van der Waals surface area contributed by atoms with Gasteiger partial charge in [-0.1, -0.05) is 42.5 Å². The van der Waals surface area contributed by atoms with Gasteiger partial charge in [0.1, 0.15) is 0 Å². The number of rotatable bonds is 9. The van der Waals surface area contributed by atoms with Crippen LogP contribution in [0.4, 0.5) is 0 Å². The van der Waals surface area contributed by atoms with E-state index in [0.29, 0.717) is 24.2 Å². The summed E-state index contributed by atoms with van der Waals surface area (Å²) in [7, 11) is 0. The van der Waals surface area contributed by atoms with Gasteiger partial charge in [-0.2, -0.15) is 0 Å². The monoisotopic (exact) mass is 329 g/mol. The van der Waals surface area contributed by atoms with Crippen molar-refractivity contribution in [1.29, 1.82) is 0 Å². The Balaban J connectivity index is 1.47. The van der Waals surface area contributed by atoms with Gasteiger partial charge in [-0.05, 0) is 37.7 Å². The number of unbranched alkanes of at least 4 members (excludes halogenated alkanes) is 1. The van der Waals surface area contributed by atoms with Crippen molar-refractivity contribution in [2.24, 2.45) is 5.92 Å². The molecule has 24 heavy (non-hydrogen) atoms. The van der Waals surface area contributed by atoms with E-state index in [2.05, 4.69) is 41.7 Å². The van der Waals surface area contributed by atoms with E-state index in [4.69, 9.17) is 9.84 Å². The van der Waals surface area contributed by atoms with Crippen molar-refractivity contribution in [2.75, 3.05) is 0 Å². The molecule has 2 saturated heterocycles. The fraction of sp³-hybridized carbons (Fsp3) is 0.550. The summed E-state index contributed by atoms with van der Waals surface area (Å²) >= 11 is 0. The minimum Gasteiger partial charge on any atom is -0.481 e. The number of hydrogen-bond acceptors (Lipinski definition) is 3. The lowest BCUT2D eigenvalue weighted by Gasteiger charge is -2.28. The van der Waals surface area contributed by atoms with Gasteiger partial charge in [-0.3, -0.25) is 4.79 Å². The first kappa shape index (κ1) is 17.2. The van der Waals surface area contributed by atoms with E-state index in [-0.39, 0.29) is 6.42 Å². The molecule has 4 atom stereocenters. The van der Waals surface area contributed by atoms with Crippen molar-refractivity contribution in [3.8, 4) is 0 Å². The van der Waals surface area contributed by atoms with Crippen LogP contribution in [0.25, 0.3) is 0 Å². The van der Waals surface area contributed by atoms with Crippen LogP contribution < -0.4 is 5.32 Å². The highest BCUT2D eigenvalue weighted by molar-refractivity contribution is 5.66. The molecule has 3 rings (SSSR count). The van der Waals surface area contributed by atoms with Gasteiger partial charge < -0.3 is 15.2 Å². The number of allylic oxidation sites excluding steroid dienone is 2. The Bertz CT molecular complexity index is 557. The Kier molecular flexibility index (Phi) is 6.05. The molecule has 0 unspecified atom stereocenters. The molecule has 2 aliphatic heterocycles. The summed E-state index contributed by atoms with van der Waals surface area (Å²) in [6.07, 6.45) is 10.2. The zero-order valence-corrected chi connectivity index (χ0v) is 14.1. The molecule has 4 heteroatoms. The maximum Gasteiger partial charge on any atom is 0.303 e. The van der Waals surface area contributed by atoms with Gasteiger partial charge in [-0.25, -0.2) is 0 Å². The van der Waals surface area contributed by atoms with Crippen molar-refractivity contribution in [1.82, 2.24) is 5.32 Å². The number of nitrogens with one attached hydrogen (secondary N) is 1. The van der Waals surface area contributed by atoms with E-state index in [1.165, 1.54) is 12.0 Å². The number of carboxylic acid groups (broad SMARTS) is 1. The van der Waals surface area contributed by atoms with E-state index in [0.717, 1.165) is 32.2 Å². The molecule has 1 aromatic carbocycles. The molecule has 0 radical (unpaired) electrons. The van der Waals surface area contributed by atoms with Crippen LogP contribution in [0.3, 0.4) is 0 Å². The second kappa shape index (κ2) is 8.45. The van der Waals surface area contributed by atoms with E-state index >= 15 is 0 Å². The minimum absolute atomic E-state index is 0.253. The summed E-state index contributed by atoms with van der Waals surface area (Å²) in [5.41, 5.74) is 1.31. The van der Waals surface area contributed by atoms with Gasteiger partial charge in [0.15, 0.2) is 0 Å². The lowest BCUT2D eigenvalue weighted by atomic mass is 9.82. The second-order valence-corrected chi connectivity index (χ2v) is 6.84. The number of fused-ring (bicyclic) bond motifs is 2. The average Bonchev–Trinajstić information content (AvgIpc) is 3.18. The molecule has 130 valence electrons. The topological polar surface area (TPSA) is 58.6 Å². The molecular weight excluding hydrogens is 302 g/mol. The largest absolute Gasteiger partial charge is 0.481 e. The summed E-state index contributed by atoms with van der Waals surface area (Å²) in [5, 5.41) is 12.4. The number of carboxylic acids is 1. The molecule has 0 aliphatic carbocycles. The third kappa shape index (κ3) is 4.46. The molecule has 2 aliphatic rings. The maximum absolute atomic E-state index is 10.5. The van der Waals surface area contributed by atoms with E-state index < -0.39 is 5.97 Å². The van der Waals surface area contributed by atoms with Gasteiger partial charge in [-0.15, -0.1) is 0 Å². The van der Waals surface area contributed by atoms with Crippen molar-refractivity contribution in [3.63, 3.8) is 0 Å². The molecule has 0 spiro atoms. The Morgan fingerprint density at radius 2 is 2.00 bits per heavy atom. The van der Waals surface area contributed by atoms with Crippen molar-refractivity contribution in [2.45, 2.75) is 63.3 Å². The lowest BCUT2D eigenvalue weighted by molar-refractivity contribution is -0.137. The van der Waals surface area contributed by atoms with E-state index in [1.807, 2.05) is 6.07 Å². The molecule has 0 aromatic heterocycles. The molecule has 0 amide bonds. The Morgan fingerprint density at radius 3 is 2.79 bits per heavy atom. The fourth-order valence-corrected chi connectivity index (χ4v) is 3.93. The molecule has 2 bridgehead atoms. The number of hydrogen-bond donors (Lipinski definition) is 2. The maximum atomic E-state index is 10.5. The van der Waals surface area contributed by atoms with Crippen LogP contribution in [0.2, 0.25) is 0 Å². The first-order valence-electron chi connectivity index (χ1n) is 9.03. The van der Waals surface area contributed by atoms with Crippen LogP contribution in [0.5, 0.6) is 0 Å². The van der Waals surface area contributed by atoms with Crippen LogP contribution in [0.15, 0.2) is 42.5 Å². The third-order valence-electron chi connectivity index (χ3n) is 5.15. The molecule has 2 heterocycles. The molecule has 1 aromatic rings. The summed E-state index contributed by atoms with van der Waals surface area (Å²) in [4.78, 5) is 10.5. The summed E-state index contributed by atoms with van der Waals surface area (Å²) < 4.78 is 6.12. The van der Waals surface area contributed by atoms with Crippen molar-refractivity contribution < 1.29 is 14.6 Å². The van der Waals surface area contributed by atoms with Crippen molar-refractivity contribution >= 4 is 5.97 Å². The van der Waals surface area contributed by atoms with Gasteiger partial charge in [0, 0.05) is 24.9 Å². The van der Waals surface area contributed by atoms with Gasteiger partial charge in [0.05, 0.1) is 12.2 Å². The summed E-state index contributed by atoms with van der Waals surface area (Å²) in [5.74, 6) is -0.182. The Hall–Kier alpha value is -1.65. The fourth-order valence-electron chi connectivity index (χ4n) is 3.93. The zero-order valence-electron chi connectivity index (χ0n) is 14.1. The SMILES string of the molecule is O=C(O)CCC/C=C\C[C@@H]1[C@@H](NCc2ccccc2)[C@@H]2CC[C@H]1O2. The molecule has 2 N–H and O–H groups in total. The standard InChI is InChI=1S/C20H27NO3/c22-19(23)11-7-2-1-6-10-16-17-12-13-18(24-17)20(16)21-14-15-8-4-3-5-9-15/h1,3-6,8-9,16-18,20-21H,2,7,10-14H2,(H,22,23)/b6-1-/t16-,17+,18-,20+/m0/s1. The summed E-state index contributed by atoms with van der Waals surface area (Å²) in [6, 6.07) is 10.9. The van der Waals surface area contributed by atoms with Crippen LogP contribution in [0, 0.1) is 5.92 Å². The van der Waals surface area contributed by atoms with Crippen LogP contribution >= 0.6 is 0 Å². The Morgan fingerprint density at radius 1 is 1.21 bits per heavy atom. The minimum atomic E-state index is -0.713. The smallest absolute Gasteiger partial charge is 0.303 e. The first-order chi connectivity index (χ1) is 11.7. The highest BCUT2D eigenvalue weighted by Gasteiger charge is 2.47. The van der Waals surface area contributed by atoms with Crippen LogP contribution in [0.1, 0.15) is 44.1 Å². The number of benzene rings is 1. The van der Waals surface area contributed by atoms with Crippen LogP contribution in [-0.4, -0.2) is 29.3 Å². The highest BCUT2D eigenvalue weighted by atomic mass is 16.5. The number of carbonyl (C=O) groups is 1. The summed E-state index contributed by atoms with van der Waals surface area (Å²) in [6.45, 7) is 0.886. The Labute approximate surface area is 143 Å². The second-order valence-electron chi connectivity index (χ2n) is 6.84. The molecule has 0 saturated carbocycles. The van der Waals surface area contributed by atoms with Gasteiger partial charge >= 0.3 is 5.97 Å². The highest BCUT2D eigenvalue weighted by Crippen LogP contribution is 2.41. The lowest BCUT2D eigenvalue weighted by Crippen LogP contribution is -2.43. The molecule has 4 nitrogen and oxygen atoms in total. The normalized spacial score (nSPS) is 28.7. The molecule has 2 fully saturated rings. The van der Waals surface area contributed by atoms with Crippen molar-refractivity contribution in [3.05, 3.63) is 48.0 Å². The van der Waals surface area contributed by atoms with Gasteiger partial charge in [0.25, 0.3) is 0 Å². The average molecular weight is 329 g/mol. The predicted molar refractivity (Wildman–Crippen MR) is 93.7 cm³/mol. The third-order valence-corrected chi connectivity index (χ3v) is 5.15. The van der Waals surface area contributed by atoms with E-state index in [9.17, 15) is 4.79 Å². The number of aliphatic carboxylic acids is 1. The quantitative estimate of drug-likeness (QED) is 0.537. The van der Waals surface area contributed by atoms with E-state index in [1.54, 1.807) is 0 Å². The zero-order chi connectivity index (χ0) is 16.8. The van der Waals surface area contributed by atoms with Crippen LogP contribution in [-0.2, 0) is 16.1 Å². The number of ether oxygens (including phenoxy) is 1. The first-order valence-corrected chi connectivity index (χ1v) is 9.03. The predicted octanol–water partition coefficient (Wildman–Crippen LogP) is 3.52. The molecular formula is C20H27NO3.